The van der Waals surface area contributed by atoms with Gasteiger partial charge in [0.2, 0.25) is 0 Å². The average Bonchev–Trinajstić information content (AvgIpc) is 3.33. The third-order valence-electron chi connectivity index (χ3n) is 7.84. The van der Waals surface area contributed by atoms with Crippen LogP contribution in [0.1, 0.15) is 52.3 Å². The van der Waals surface area contributed by atoms with Gasteiger partial charge in [0.1, 0.15) is 11.6 Å². The molecule has 1 amide bonds. The molecular weight excluding hydrogens is 540 g/mol. The normalized spacial score (nSPS) is 11.6. The highest BCUT2D eigenvalue weighted by molar-refractivity contribution is 5.97. The summed E-state index contributed by atoms with van der Waals surface area (Å²) in [6.07, 6.45) is 0. The van der Waals surface area contributed by atoms with E-state index in [2.05, 4.69) is 60.6 Å². The van der Waals surface area contributed by atoms with Gasteiger partial charge in [-0.2, -0.15) is 0 Å². The van der Waals surface area contributed by atoms with Crippen LogP contribution in [0.15, 0.2) is 54.6 Å². The number of imidazole rings is 1. The largest absolute Gasteiger partial charge is 0.497 e. The van der Waals surface area contributed by atoms with Crippen LogP contribution in [-0.2, 0) is 22.6 Å². The van der Waals surface area contributed by atoms with E-state index in [1.807, 2.05) is 43.0 Å². The van der Waals surface area contributed by atoms with Crippen LogP contribution in [0.3, 0.4) is 0 Å². The van der Waals surface area contributed by atoms with Gasteiger partial charge in [-0.3, -0.25) is 14.3 Å². The van der Waals surface area contributed by atoms with Crippen molar-refractivity contribution in [2.45, 2.75) is 53.8 Å². The van der Waals surface area contributed by atoms with Crippen molar-refractivity contribution >= 4 is 16.9 Å². The quantitative estimate of drug-likeness (QED) is 0.178. The number of hydrogen-bond acceptors (Lipinski definition) is 6. The predicted octanol–water partition coefficient (Wildman–Crippen LogP) is 6.10. The zero-order chi connectivity index (χ0) is 31.1. The molecule has 230 valence electrons. The molecule has 0 aliphatic carbocycles. The monoisotopic (exact) mass is 586 g/mol. The van der Waals surface area contributed by atoms with Crippen molar-refractivity contribution in [1.29, 1.82) is 0 Å². The maximum Gasteiger partial charge on any atom is 0.255 e. The van der Waals surface area contributed by atoms with Gasteiger partial charge in [0.05, 0.1) is 37.9 Å². The molecule has 0 saturated carbocycles. The molecule has 0 atom stereocenters. The summed E-state index contributed by atoms with van der Waals surface area (Å²) in [5.74, 6) is 1.61. The maximum atomic E-state index is 14.1. The van der Waals surface area contributed by atoms with Crippen molar-refractivity contribution in [1.82, 2.24) is 19.4 Å². The molecule has 0 N–H and O–H groups in total. The lowest BCUT2D eigenvalue weighted by Gasteiger charge is -2.28. The first-order valence-corrected chi connectivity index (χ1v) is 14.9. The van der Waals surface area contributed by atoms with E-state index < -0.39 is 0 Å². The van der Waals surface area contributed by atoms with Gasteiger partial charge in [-0.25, -0.2) is 4.98 Å². The SMILES string of the molecule is COCCN(CCOC)Cc1ccc2c(c1)nc(CN(C(=O)c1c(C)cc(C)cc1C)C(C)C)n2-c1ccc(OC)cc1. The van der Waals surface area contributed by atoms with Gasteiger partial charge < -0.3 is 19.1 Å². The number of amides is 1. The Bertz CT molecular complexity index is 1500. The molecule has 0 spiro atoms. The summed E-state index contributed by atoms with van der Waals surface area (Å²) in [5.41, 5.74) is 7.91. The molecule has 1 aromatic heterocycles. The highest BCUT2D eigenvalue weighted by Gasteiger charge is 2.25. The van der Waals surface area contributed by atoms with Crippen LogP contribution in [0.2, 0.25) is 0 Å². The van der Waals surface area contributed by atoms with Gasteiger partial charge in [-0.05, 0) is 87.7 Å². The van der Waals surface area contributed by atoms with Crippen molar-refractivity contribution < 1.29 is 19.0 Å². The summed E-state index contributed by atoms with van der Waals surface area (Å²) in [5, 5.41) is 0. The Morgan fingerprint density at radius 3 is 2.05 bits per heavy atom. The Labute approximate surface area is 256 Å². The molecule has 8 heteroatoms. The summed E-state index contributed by atoms with van der Waals surface area (Å²) in [7, 11) is 5.11. The number of fused-ring (bicyclic) bond motifs is 1. The molecule has 43 heavy (non-hydrogen) atoms. The third-order valence-corrected chi connectivity index (χ3v) is 7.84. The van der Waals surface area contributed by atoms with Gasteiger partial charge in [-0.1, -0.05) is 23.8 Å². The van der Waals surface area contributed by atoms with Crippen LogP contribution in [0.25, 0.3) is 16.7 Å². The molecule has 0 saturated heterocycles. The number of methoxy groups -OCH3 is 3. The van der Waals surface area contributed by atoms with E-state index in [0.717, 1.165) is 75.7 Å². The minimum atomic E-state index is -0.0255. The van der Waals surface area contributed by atoms with E-state index in [1.54, 1.807) is 21.3 Å². The van der Waals surface area contributed by atoms with Crippen molar-refractivity contribution in [2.24, 2.45) is 0 Å². The van der Waals surface area contributed by atoms with Gasteiger partial charge in [0.15, 0.2) is 0 Å². The number of aryl methyl sites for hydroxylation is 3. The Hall–Kier alpha value is -3.72. The summed E-state index contributed by atoms with van der Waals surface area (Å²) < 4.78 is 18.2. The first-order chi connectivity index (χ1) is 20.7. The molecule has 0 radical (unpaired) electrons. The minimum Gasteiger partial charge on any atom is -0.497 e. The van der Waals surface area contributed by atoms with Crippen LogP contribution in [0, 0.1) is 20.8 Å². The molecule has 4 rings (SSSR count). The van der Waals surface area contributed by atoms with Crippen LogP contribution < -0.4 is 4.74 Å². The van der Waals surface area contributed by atoms with E-state index in [4.69, 9.17) is 19.2 Å². The lowest BCUT2D eigenvalue weighted by atomic mass is 9.98. The Morgan fingerprint density at radius 2 is 1.49 bits per heavy atom. The highest BCUT2D eigenvalue weighted by atomic mass is 16.5. The standard InChI is InChI=1S/C35H46N4O4/c1-24(2)38(35(40)34-26(4)19-25(3)20-27(34)5)23-33-36-31-21-28(22-37(15-17-41-6)16-18-42-7)9-14-32(31)39(33)29-10-12-30(43-8)13-11-29/h9-14,19-21,24H,15-18,22-23H2,1-8H3. The van der Waals surface area contributed by atoms with Crippen molar-refractivity contribution in [3.05, 3.63) is 88.2 Å². The van der Waals surface area contributed by atoms with Crippen LogP contribution >= 0.6 is 0 Å². The first kappa shape index (κ1) is 32.2. The van der Waals surface area contributed by atoms with Gasteiger partial charge in [0.25, 0.3) is 5.91 Å². The Kier molecular flexibility index (Phi) is 11.0. The predicted molar refractivity (Wildman–Crippen MR) is 172 cm³/mol. The fraction of sp³-hybridized carbons (Fsp3) is 0.429. The second kappa shape index (κ2) is 14.6. The lowest BCUT2D eigenvalue weighted by Crippen LogP contribution is -2.38. The second-order valence-electron chi connectivity index (χ2n) is 11.4. The smallest absolute Gasteiger partial charge is 0.255 e. The molecule has 3 aromatic carbocycles. The van der Waals surface area contributed by atoms with Gasteiger partial charge in [-0.15, -0.1) is 0 Å². The van der Waals surface area contributed by atoms with E-state index in [0.29, 0.717) is 19.8 Å². The summed E-state index contributed by atoms with van der Waals surface area (Å²) in [6.45, 7) is 14.3. The topological polar surface area (TPSA) is 69.1 Å². The molecule has 0 bridgehead atoms. The van der Waals surface area contributed by atoms with E-state index in [1.165, 1.54) is 0 Å². The van der Waals surface area contributed by atoms with Gasteiger partial charge in [0, 0.05) is 51.1 Å². The van der Waals surface area contributed by atoms with E-state index >= 15 is 0 Å². The molecular formula is C35H46N4O4. The van der Waals surface area contributed by atoms with Crippen LogP contribution in [0.4, 0.5) is 0 Å². The number of aromatic nitrogens is 2. The first-order valence-electron chi connectivity index (χ1n) is 14.9. The van der Waals surface area contributed by atoms with Crippen LogP contribution in [0.5, 0.6) is 5.75 Å². The molecule has 0 unspecified atom stereocenters. The van der Waals surface area contributed by atoms with Crippen LogP contribution in [-0.4, -0.2) is 78.9 Å². The van der Waals surface area contributed by atoms with Crippen molar-refractivity contribution in [2.75, 3.05) is 47.6 Å². The third kappa shape index (κ3) is 7.63. The number of carbonyl (C=O) groups is 1. The number of carbonyl (C=O) groups excluding carboxylic acids is 1. The number of ether oxygens (including phenoxy) is 3. The fourth-order valence-electron chi connectivity index (χ4n) is 5.67. The number of nitrogens with zero attached hydrogens (tertiary/aromatic N) is 4. The number of rotatable bonds is 14. The molecule has 8 nitrogen and oxygen atoms in total. The minimum absolute atomic E-state index is 0.0194. The number of hydrogen-bond donors (Lipinski definition) is 0. The zero-order valence-corrected chi connectivity index (χ0v) is 26.9. The molecule has 0 fully saturated rings. The lowest BCUT2D eigenvalue weighted by molar-refractivity contribution is 0.0683. The summed E-state index contributed by atoms with van der Waals surface area (Å²) >= 11 is 0. The van der Waals surface area contributed by atoms with Crippen molar-refractivity contribution in [3.8, 4) is 11.4 Å². The zero-order valence-electron chi connectivity index (χ0n) is 26.9. The van der Waals surface area contributed by atoms with E-state index in [-0.39, 0.29) is 11.9 Å². The molecule has 1 heterocycles. The summed E-state index contributed by atoms with van der Waals surface area (Å²) in [6, 6.07) is 18.5. The number of benzene rings is 3. The fourth-order valence-corrected chi connectivity index (χ4v) is 5.67. The Balaban J connectivity index is 1.77. The summed E-state index contributed by atoms with van der Waals surface area (Å²) in [4.78, 5) is 23.5. The Morgan fingerprint density at radius 1 is 0.860 bits per heavy atom. The highest BCUT2D eigenvalue weighted by Crippen LogP contribution is 2.27. The van der Waals surface area contributed by atoms with Crippen molar-refractivity contribution in [3.63, 3.8) is 0 Å². The van der Waals surface area contributed by atoms with Gasteiger partial charge >= 0.3 is 0 Å². The molecule has 4 aromatic rings. The molecule has 0 aliphatic heterocycles. The maximum absolute atomic E-state index is 14.1. The second-order valence-corrected chi connectivity index (χ2v) is 11.4. The van der Waals surface area contributed by atoms with E-state index in [9.17, 15) is 4.79 Å². The average molecular weight is 587 g/mol. The molecule has 0 aliphatic rings.